The summed E-state index contributed by atoms with van der Waals surface area (Å²) in [5, 5.41) is 3.81. The standard InChI is InChI=1S/C20H39N/c1-5-16-11-13-17(14-12-16)19-10-8-6-7-9-18(19)15-21-20(2,3)4/h16-19,21H,5-15H2,1-4H3. The summed E-state index contributed by atoms with van der Waals surface area (Å²) in [4.78, 5) is 0. The molecule has 0 radical (unpaired) electrons. The minimum atomic E-state index is 0.275. The molecule has 0 spiro atoms. The van der Waals surface area contributed by atoms with E-state index in [1.54, 1.807) is 0 Å². The highest BCUT2D eigenvalue weighted by Crippen LogP contribution is 2.42. The van der Waals surface area contributed by atoms with E-state index in [0.717, 1.165) is 23.7 Å². The van der Waals surface area contributed by atoms with Crippen LogP contribution in [0.1, 0.15) is 91.9 Å². The zero-order chi connectivity index (χ0) is 15.3. The van der Waals surface area contributed by atoms with Gasteiger partial charge in [-0.1, -0.05) is 45.4 Å². The van der Waals surface area contributed by atoms with Crippen LogP contribution in [0.2, 0.25) is 0 Å². The van der Waals surface area contributed by atoms with Crippen molar-refractivity contribution in [3.63, 3.8) is 0 Å². The van der Waals surface area contributed by atoms with Gasteiger partial charge in [0.2, 0.25) is 0 Å². The maximum absolute atomic E-state index is 3.81. The molecule has 2 aliphatic rings. The Bertz CT molecular complexity index is 283. The number of hydrogen-bond donors (Lipinski definition) is 1. The average molecular weight is 294 g/mol. The fourth-order valence-corrected chi connectivity index (χ4v) is 4.75. The van der Waals surface area contributed by atoms with E-state index in [1.807, 2.05) is 0 Å². The van der Waals surface area contributed by atoms with Crippen molar-refractivity contribution in [3.05, 3.63) is 0 Å². The summed E-state index contributed by atoms with van der Waals surface area (Å²) in [6.45, 7) is 10.6. The molecule has 0 heterocycles. The summed E-state index contributed by atoms with van der Waals surface area (Å²) in [6.07, 6.45) is 14.9. The molecule has 1 nitrogen and oxygen atoms in total. The highest BCUT2D eigenvalue weighted by Gasteiger charge is 2.33. The monoisotopic (exact) mass is 293 g/mol. The Hall–Kier alpha value is -0.0400. The van der Waals surface area contributed by atoms with E-state index >= 15 is 0 Å². The smallest absolute Gasteiger partial charge is 0.00966 e. The lowest BCUT2D eigenvalue weighted by molar-refractivity contribution is 0.136. The van der Waals surface area contributed by atoms with Gasteiger partial charge in [-0.25, -0.2) is 0 Å². The molecule has 2 saturated carbocycles. The average Bonchev–Trinajstić information content (AvgIpc) is 2.70. The van der Waals surface area contributed by atoms with Crippen molar-refractivity contribution in [1.82, 2.24) is 5.32 Å². The van der Waals surface area contributed by atoms with Crippen LogP contribution in [0.25, 0.3) is 0 Å². The van der Waals surface area contributed by atoms with E-state index < -0.39 is 0 Å². The molecular weight excluding hydrogens is 254 g/mol. The molecule has 0 amide bonds. The van der Waals surface area contributed by atoms with Crippen LogP contribution in [0.15, 0.2) is 0 Å². The molecule has 0 bridgehead atoms. The lowest BCUT2D eigenvalue weighted by Crippen LogP contribution is -2.42. The fourth-order valence-electron chi connectivity index (χ4n) is 4.75. The van der Waals surface area contributed by atoms with E-state index in [2.05, 4.69) is 33.0 Å². The lowest BCUT2D eigenvalue weighted by atomic mass is 9.69. The minimum Gasteiger partial charge on any atom is -0.312 e. The van der Waals surface area contributed by atoms with Gasteiger partial charge in [-0.2, -0.15) is 0 Å². The molecule has 21 heavy (non-hydrogen) atoms. The summed E-state index contributed by atoms with van der Waals surface area (Å²) in [5.41, 5.74) is 0.275. The van der Waals surface area contributed by atoms with Gasteiger partial charge in [0.15, 0.2) is 0 Å². The van der Waals surface area contributed by atoms with Crippen molar-refractivity contribution in [2.75, 3.05) is 6.54 Å². The third-order valence-corrected chi connectivity index (χ3v) is 6.19. The second-order valence-corrected chi connectivity index (χ2v) is 8.88. The summed E-state index contributed by atoms with van der Waals surface area (Å²) in [6, 6.07) is 0. The Balaban J connectivity index is 1.92. The summed E-state index contributed by atoms with van der Waals surface area (Å²) in [7, 11) is 0. The van der Waals surface area contributed by atoms with Gasteiger partial charge in [0.1, 0.15) is 0 Å². The molecule has 2 unspecified atom stereocenters. The van der Waals surface area contributed by atoms with Crippen LogP contribution >= 0.6 is 0 Å². The highest BCUT2D eigenvalue weighted by atomic mass is 14.9. The summed E-state index contributed by atoms with van der Waals surface area (Å²) < 4.78 is 0. The zero-order valence-electron chi connectivity index (χ0n) is 15.1. The van der Waals surface area contributed by atoms with Crippen LogP contribution in [-0.4, -0.2) is 12.1 Å². The Kier molecular flexibility index (Phi) is 6.59. The molecule has 0 saturated heterocycles. The molecule has 2 rings (SSSR count). The van der Waals surface area contributed by atoms with Crippen molar-refractivity contribution in [2.45, 2.75) is 97.4 Å². The van der Waals surface area contributed by atoms with Gasteiger partial charge in [0.05, 0.1) is 0 Å². The van der Waals surface area contributed by atoms with Crippen LogP contribution in [0.4, 0.5) is 0 Å². The first-order valence-electron chi connectivity index (χ1n) is 9.74. The maximum Gasteiger partial charge on any atom is 0.00966 e. The normalized spacial score (nSPS) is 35.4. The highest BCUT2D eigenvalue weighted by molar-refractivity contribution is 4.85. The van der Waals surface area contributed by atoms with Crippen molar-refractivity contribution in [3.8, 4) is 0 Å². The summed E-state index contributed by atoms with van der Waals surface area (Å²) in [5.74, 6) is 4.03. The molecular formula is C20H39N. The predicted octanol–water partition coefficient (Wildman–Crippen LogP) is 5.79. The van der Waals surface area contributed by atoms with E-state index in [9.17, 15) is 0 Å². The van der Waals surface area contributed by atoms with Crippen molar-refractivity contribution in [2.24, 2.45) is 23.7 Å². The Morgan fingerprint density at radius 2 is 1.52 bits per heavy atom. The molecule has 1 N–H and O–H groups in total. The van der Waals surface area contributed by atoms with Gasteiger partial charge in [0.25, 0.3) is 0 Å². The third kappa shape index (κ3) is 5.58. The lowest BCUT2D eigenvalue weighted by Gasteiger charge is -2.38. The maximum atomic E-state index is 3.81. The van der Waals surface area contributed by atoms with Crippen LogP contribution in [-0.2, 0) is 0 Å². The Morgan fingerprint density at radius 3 is 2.14 bits per heavy atom. The van der Waals surface area contributed by atoms with Crippen molar-refractivity contribution in [1.29, 1.82) is 0 Å². The molecule has 2 fully saturated rings. The van der Waals surface area contributed by atoms with Gasteiger partial charge >= 0.3 is 0 Å². The Morgan fingerprint density at radius 1 is 0.857 bits per heavy atom. The van der Waals surface area contributed by atoms with Crippen LogP contribution in [0.5, 0.6) is 0 Å². The number of nitrogens with one attached hydrogen (secondary N) is 1. The van der Waals surface area contributed by atoms with Gasteiger partial charge in [-0.15, -0.1) is 0 Å². The van der Waals surface area contributed by atoms with E-state index in [0.29, 0.717) is 0 Å². The largest absolute Gasteiger partial charge is 0.312 e. The molecule has 1 heteroatoms. The first-order chi connectivity index (χ1) is 9.99. The van der Waals surface area contributed by atoms with E-state index in [4.69, 9.17) is 0 Å². The van der Waals surface area contributed by atoms with Crippen molar-refractivity contribution < 1.29 is 0 Å². The van der Waals surface area contributed by atoms with Gasteiger partial charge in [-0.3, -0.25) is 0 Å². The fraction of sp³-hybridized carbons (Fsp3) is 1.00. The van der Waals surface area contributed by atoms with Crippen LogP contribution < -0.4 is 5.32 Å². The van der Waals surface area contributed by atoms with E-state index in [-0.39, 0.29) is 5.54 Å². The molecule has 0 aliphatic heterocycles. The van der Waals surface area contributed by atoms with Gasteiger partial charge in [-0.05, 0) is 76.7 Å². The van der Waals surface area contributed by atoms with Crippen LogP contribution in [0, 0.1) is 23.7 Å². The predicted molar refractivity (Wildman–Crippen MR) is 93.6 cm³/mol. The van der Waals surface area contributed by atoms with Gasteiger partial charge < -0.3 is 5.32 Å². The minimum absolute atomic E-state index is 0.275. The molecule has 124 valence electrons. The molecule has 2 aliphatic carbocycles. The quantitative estimate of drug-likeness (QED) is 0.647. The zero-order valence-corrected chi connectivity index (χ0v) is 15.1. The molecule has 0 aromatic carbocycles. The van der Waals surface area contributed by atoms with Crippen LogP contribution in [0.3, 0.4) is 0 Å². The SMILES string of the molecule is CCC1CCC(C2CCCCCC2CNC(C)(C)C)CC1. The second kappa shape index (κ2) is 7.99. The van der Waals surface area contributed by atoms with E-state index in [1.165, 1.54) is 70.8 Å². The third-order valence-electron chi connectivity index (χ3n) is 6.19. The molecule has 2 atom stereocenters. The number of hydrogen-bond acceptors (Lipinski definition) is 1. The topological polar surface area (TPSA) is 12.0 Å². The second-order valence-electron chi connectivity index (χ2n) is 8.88. The first kappa shape index (κ1) is 17.3. The van der Waals surface area contributed by atoms with Crippen molar-refractivity contribution >= 4 is 0 Å². The summed E-state index contributed by atoms with van der Waals surface area (Å²) >= 11 is 0. The molecule has 0 aromatic rings. The van der Waals surface area contributed by atoms with Gasteiger partial charge in [0, 0.05) is 5.54 Å². The Labute approximate surface area is 133 Å². The molecule has 0 aromatic heterocycles. The first-order valence-corrected chi connectivity index (χ1v) is 9.74. The number of rotatable bonds is 4.